The van der Waals surface area contributed by atoms with Gasteiger partial charge in [0.25, 0.3) is 10.0 Å². The van der Waals surface area contributed by atoms with Crippen molar-refractivity contribution in [1.82, 2.24) is 14.4 Å². The SMILES string of the molecule is COc1cc(-c2noc(C3CCN(S(=O)(=O)c4cccs4)CC3)n2)cc(OC)c1OC. The van der Waals surface area contributed by atoms with Gasteiger partial charge in [0.05, 0.1) is 21.3 Å². The van der Waals surface area contributed by atoms with E-state index < -0.39 is 10.0 Å². The molecular formula is C20H23N3O6S2. The molecule has 0 saturated carbocycles. The van der Waals surface area contributed by atoms with Gasteiger partial charge in [-0.25, -0.2) is 8.42 Å². The number of benzene rings is 1. The van der Waals surface area contributed by atoms with Gasteiger partial charge in [0, 0.05) is 24.6 Å². The second-order valence-electron chi connectivity index (χ2n) is 6.98. The monoisotopic (exact) mass is 465 g/mol. The van der Waals surface area contributed by atoms with Gasteiger partial charge in [-0.3, -0.25) is 0 Å². The van der Waals surface area contributed by atoms with Crippen molar-refractivity contribution < 1.29 is 27.2 Å². The number of methoxy groups -OCH3 is 3. The fourth-order valence-corrected chi connectivity index (χ4v) is 6.22. The second kappa shape index (κ2) is 8.85. The summed E-state index contributed by atoms with van der Waals surface area (Å²) in [6, 6.07) is 6.89. The zero-order chi connectivity index (χ0) is 22.0. The van der Waals surface area contributed by atoms with Crippen molar-refractivity contribution in [2.24, 2.45) is 0 Å². The van der Waals surface area contributed by atoms with Gasteiger partial charge in [-0.1, -0.05) is 11.2 Å². The van der Waals surface area contributed by atoms with Crippen LogP contribution in [0.5, 0.6) is 17.2 Å². The highest BCUT2D eigenvalue weighted by atomic mass is 32.2. The molecule has 1 fully saturated rings. The van der Waals surface area contributed by atoms with E-state index in [1.165, 1.54) is 22.8 Å². The van der Waals surface area contributed by atoms with Gasteiger partial charge in [0.2, 0.25) is 17.5 Å². The maximum Gasteiger partial charge on any atom is 0.252 e. The topological polar surface area (TPSA) is 104 Å². The van der Waals surface area contributed by atoms with Crippen LogP contribution in [0.15, 0.2) is 38.4 Å². The summed E-state index contributed by atoms with van der Waals surface area (Å²) in [7, 11) is 1.19. The van der Waals surface area contributed by atoms with Crippen LogP contribution in [-0.4, -0.2) is 57.3 Å². The number of ether oxygens (including phenoxy) is 3. The predicted molar refractivity (Wildman–Crippen MR) is 114 cm³/mol. The van der Waals surface area contributed by atoms with Gasteiger partial charge < -0.3 is 18.7 Å². The number of rotatable bonds is 7. The average Bonchev–Trinajstić information content (AvgIpc) is 3.51. The third kappa shape index (κ3) is 4.12. The summed E-state index contributed by atoms with van der Waals surface area (Å²) in [5.74, 6) is 2.38. The number of piperidine rings is 1. The van der Waals surface area contributed by atoms with Crippen molar-refractivity contribution in [3.05, 3.63) is 35.5 Å². The normalized spacial score (nSPS) is 15.7. The Balaban J connectivity index is 1.50. The van der Waals surface area contributed by atoms with E-state index in [1.54, 1.807) is 43.9 Å². The minimum Gasteiger partial charge on any atom is -0.493 e. The van der Waals surface area contributed by atoms with Crippen LogP contribution in [0.3, 0.4) is 0 Å². The summed E-state index contributed by atoms with van der Waals surface area (Å²) in [4.78, 5) is 4.55. The van der Waals surface area contributed by atoms with Gasteiger partial charge >= 0.3 is 0 Å². The maximum absolute atomic E-state index is 12.7. The molecule has 166 valence electrons. The third-order valence-electron chi connectivity index (χ3n) is 5.26. The molecule has 3 heterocycles. The molecule has 1 aliphatic rings. The Hall–Kier alpha value is -2.63. The molecule has 1 aromatic carbocycles. The molecule has 0 spiro atoms. The largest absolute Gasteiger partial charge is 0.493 e. The Labute approximate surface area is 184 Å². The van der Waals surface area contributed by atoms with Crippen molar-refractivity contribution in [2.75, 3.05) is 34.4 Å². The first-order chi connectivity index (χ1) is 15.0. The quantitative estimate of drug-likeness (QED) is 0.523. The van der Waals surface area contributed by atoms with Crippen LogP contribution in [0.25, 0.3) is 11.4 Å². The molecule has 4 rings (SSSR count). The van der Waals surface area contributed by atoms with E-state index in [0.29, 0.717) is 64.7 Å². The van der Waals surface area contributed by atoms with Gasteiger partial charge in [0.1, 0.15) is 4.21 Å². The first kappa shape index (κ1) is 21.6. The Morgan fingerprint density at radius 1 is 1.10 bits per heavy atom. The summed E-state index contributed by atoms with van der Waals surface area (Å²) in [6.07, 6.45) is 1.23. The summed E-state index contributed by atoms with van der Waals surface area (Å²) in [6.45, 7) is 0.819. The molecule has 1 aliphatic heterocycles. The molecule has 31 heavy (non-hydrogen) atoms. The standard InChI is InChI=1S/C20H23N3O6S2/c1-26-15-11-14(12-16(27-2)18(15)28-3)19-21-20(29-22-19)13-6-8-23(9-7-13)31(24,25)17-5-4-10-30-17/h4-5,10-13H,6-9H2,1-3H3. The van der Waals surface area contributed by atoms with Crippen molar-refractivity contribution in [2.45, 2.75) is 23.0 Å². The van der Waals surface area contributed by atoms with Crippen LogP contribution in [0, 0.1) is 0 Å². The van der Waals surface area contributed by atoms with E-state index in [9.17, 15) is 8.42 Å². The molecule has 0 aliphatic carbocycles. The molecule has 11 heteroatoms. The Bertz CT molecular complexity index is 1110. The number of thiophene rings is 1. The number of aromatic nitrogens is 2. The lowest BCUT2D eigenvalue weighted by Gasteiger charge is -2.29. The highest BCUT2D eigenvalue weighted by Crippen LogP contribution is 2.41. The van der Waals surface area contributed by atoms with Gasteiger partial charge in [-0.2, -0.15) is 9.29 Å². The molecule has 0 atom stereocenters. The van der Waals surface area contributed by atoms with E-state index in [-0.39, 0.29) is 5.92 Å². The van der Waals surface area contributed by atoms with Gasteiger partial charge in [-0.05, 0) is 36.4 Å². The molecule has 0 amide bonds. The minimum atomic E-state index is -3.44. The fraction of sp³-hybridized carbons (Fsp3) is 0.400. The molecule has 1 saturated heterocycles. The number of nitrogens with zero attached hydrogens (tertiary/aromatic N) is 3. The minimum absolute atomic E-state index is 0.00178. The maximum atomic E-state index is 12.7. The number of hydrogen-bond acceptors (Lipinski definition) is 9. The van der Waals surface area contributed by atoms with E-state index in [4.69, 9.17) is 18.7 Å². The lowest BCUT2D eigenvalue weighted by atomic mass is 9.98. The summed E-state index contributed by atoms with van der Waals surface area (Å²) in [5.41, 5.74) is 0.669. The molecule has 0 unspecified atom stereocenters. The van der Waals surface area contributed by atoms with Crippen LogP contribution in [0.1, 0.15) is 24.7 Å². The molecular weight excluding hydrogens is 442 g/mol. The van der Waals surface area contributed by atoms with Crippen molar-refractivity contribution in [3.8, 4) is 28.6 Å². The van der Waals surface area contributed by atoms with E-state index >= 15 is 0 Å². The number of sulfonamides is 1. The number of hydrogen-bond donors (Lipinski definition) is 0. The van der Waals surface area contributed by atoms with E-state index in [2.05, 4.69) is 10.1 Å². The first-order valence-corrected chi connectivity index (χ1v) is 12.0. The Morgan fingerprint density at radius 3 is 2.32 bits per heavy atom. The summed E-state index contributed by atoms with van der Waals surface area (Å²) >= 11 is 1.23. The van der Waals surface area contributed by atoms with Gasteiger partial charge in [-0.15, -0.1) is 11.3 Å². The summed E-state index contributed by atoms with van der Waals surface area (Å²) in [5, 5.41) is 5.87. The van der Waals surface area contributed by atoms with E-state index in [0.717, 1.165) is 0 Å². The Morgan fingerprint density at radius 2 is 1.77 bits per heavy atom. The van der Waals surface area contributed by atoms with Crippen molar-refractivity contribution >= 4 is 21.4 Å². The summed E-state index contributed by atoms with van der Waals surface area (Å²) < 4.78 is 48.9. The lowest BCUT2D eigenvalue weighted by Crippen LogP contribution is -2.37. The predicted octanol–water partition coefficient (Wildman–Crippen LogP) is 3.39. The third-order valence-corrected chi connectivity index (χ3v) is 8.53. The van der Waals surface area contributed by atoms with Crippen LogP contribution >= 0.6 is 11.3 Å². The van der Waals surface area contributed by atoms with Crippen molar-refractivity contribution in [3.63, 3.8) is 0 Å². The molecule has 2 aromatic heterocycles. The zero-order valence-corrected chi connectivity index (χ0v) is 19.0. The van der Waals surface area contributed by atoms with Crippen LogP contribution in [-0.2, 0) is 10.0 Å². The highest BCUT2D eigenvalue weighted by molar-refractivity contribution is 7.91. The smallest absolute Gasteiger partial charge is 0.252 e. The first-order valence-electron chi connectivity index (χ1n) is 9.65. The van der Waals surface area contributed by atoms with Crippen molar-refractivity contribution in [1.29, 1.82) is 0 Å². The highest BCUT2D eigenvalue weighted by Gasteiger charge is 2.32. The lowest BCUT2D eigenvalue weighted by molar-refractivity contribution is 0.271. The Kier molecular flexibility index (Phi) is 6.17. The zero-order valence-electron chi connectivity index (χ0n) is 17.4. The molecule has 0 radical (unpaired) electrons. The van der Waals surface area contributed by atoms with Crippen LogP contribution in [0.4, 0.5) is 0 Å². The molecule has 9 nitrogen and oxygen atoms in total. The van der Waals surface area contributed by atoms with Crippen LogP contribution in [0.2, 0.25) is 0 Å². The van der Waals surface area contributed by atoms with Gasteiger partial charge in [0.15, 0.2) is 11.5 Å². The van der Waals surface area contributed by atoms with Crippen LogP contribution < -0.4 is 14.2 Å². The second-order valence-corrected chi connectivity index (χ2v) is 10.1. The molecule has 3 aromatic rings. The van der Waals surface area contributed by atoms with E-state index in [1.807, 2.05) is 0 Å². The average molecular weight is 466 g/mol. The fourth-order valence-electron chi connectivity index (χ4n) is 3.61. The molecule has 0 bridgehead atoms. The molecule has 0 N–H and O–H groups in total.